The largest absolute Gasteiger partial charge is 0.497 e. The zero-order valence-electron chi connectivity index (χ0n) is 18.8. The van der Waals surface area contributed by atoms with E-state index < -0.39 is 0 Å². The van der Waals surface area contributed by atoms with E-state index in [2.05, 4.69) is 11.4 Å². The summed E-state index contributed by atoms with van der Waals surface area (Å²) in [6, 6.07) is 17.3. The minimum absolute atomic E-state index is 0.0110. The summed E-state index contributed by atoms with van der Waals surface area (Å²) in [5.74, 6) is 2.33. The number of benzene rings is 2. The van der Waals surface area contributed by atoms with Crippen LogP contribution in [-0.4, -0.2) is 49.2 Å². The summed E-state index contributed by atoms with van der Waals surface area (Å²) in [6.07, 6.45) is 0.880. The van der Waals surface area contributed by atoms with E-state index in [1.807, 2.05) is 54.3 Å². The van der Waals surface area contributed by atoms with Gasteiger partial charge in [0, 0.05) is 53.4 Å². The van der Waals surface area contributed by atoms with E-state index >= 15 is 0 Å². The fourth-order valence-corrected chi connectivity index (χ4v) is 4.39. The lowest BCUT2D eigenvalue weighted by atomic mass is 10.0. The molecule has 2 aliphatic heterocycles. The smallest absolute Gasteiger partial charge is 0.254 e. The van der Waals surface area contributed by atoms with Gasteiger partial charge >= 0.3 is 0 Å². The summed E-state index contributed by atoms with van der Waals surface area (Å²) in [5, 5.41) is 3.45. The van der Waals surface area contributed by atoms with Crippen molar-refractivity contribution in [2.24, 2.45) is 0 Å². The van der Waals surface area contributed by atoms with Crippen LogP contribution in [0.25, 0.3) is 0 Å². The van der Waals surface area contributed by atoms with Crippen molar-refractivity contribution in [3.8, 4) is 17.2 Å². The number of aromatic nitrogens is 1. The number of ether oxygens (including phenoxy) is 3. The first kappa shape index (κ1) is 21.1. The molecule has 7 heteroatoms. The number of hydrogen-bond donors (Lipinski definition) is 1. The van der Waals surface area contributed by atoms with Crippen LogP contribution in [0.5, 0.6) is 17.2 Å². The molecule has 0 aliphatic carbocycles. The SMILES string of the molecule is COc1cccc(Nc2cc(C)nc([C@H]3CCN(C(=O)c4ccc5c(c4)OCCO5)C3)c2)c1. The summed E-state index contributed by atoms with van der Waals surface area (Å²) >= 11 is 0. The molecule has 170 valence electrons. The molecule has 1 atom stereocenters. The molecule has 0 radical (unpaired) electrons. The Morgan fingerprint density at radius 2 is 1.91 bits per heavy atom. The lowest BCUT2D eigenvalue weighted by Crippen LogP contribution is -2.28. The van der Waals surface area contributed by atoms with E-state index in [1.54, 1.807) is 13.2 Å². The molecule has 1 amide bonds. The van der Waals surface area contributed by atoms with Crippen LogP contribution in [0, 0.1) is 6.92 Å². The van der Waals surface area contributed by atoms with E-state index in [4.69, 9.17) is 19.2 Å². The summed E-state index contributed by atoms with van der Waals surface area (Å²) in [7, 11) is 1.66. The number of carbonyl (C=O) groups is 1. The van der Waals surface area contributed by atoms with Crippen LogP contribution in [0.1, 0.15) is 34.1 Å². The molecule has 1 saturated heterocycles. The van der Waals surface area contributed by atoms with Crippen molar-refractivity contribution < 1.29 is 19.0 Å². The Morgan fingerprint density at radius 1 is 1.06 bits per heavy atom. The maximum Gasteiger partial charge on any atom is 0.254 e. The highest BCUT2D eigenvalue weighted by atomic mass is 16.6. The number of aryl methyl sites for hydroxylation is 1. The summed E-state index contributed by atoms with van der Waals surface area (Å²) in [5.41, 5.74) is 4.49. The van der Waals surface area contributed by atoms with Crippen molar-refractivity contribution in [1.29, 1.82) is 0 Å². The predicted octanol–water partition coefficient (Wildman–Crippen LogP) is 4.54. The highest BCUT2D eigenvalue weighted by Gasteiger charge is 2.30. The summed E-state index contributed by atoms with van der Waals surface area (Å²) in [6.45, 7) is 4.37. The second-order valence-electron chi connectivity index (χ2n) is 8.37. The van der Waals surface area contributed by atoms with Gasteiger partial charge in [-0.2, -0.15) is 0 Å². The molecular weight excluding hydrogens is 418 g/mol. The second kappa shape index (κ2) is 9.02. The molecule has 2 aromatic carbocycles. The molecule has 7 nitrogen and oxygen atoms in total. The van der Waals surface area contributed by atoms with Crippen LogP contribution in [0.4, 0.5) is 11.4 Å². The van der Waals surface area contributed by atoms with Gasteiger partial charge in [-0.05, 0) is 55.8 Å². The number of rotatable bonds is 5. The van der Waals surface area contributed by atoms with Crippen LogP contribution < -0.4 is 19.5 Å². The maximum absolute atomic E-state index is 13.1. The molecule has 3 heterocycles. The first-order valence-electron chi connectivity index (χ1n) is 11.2. The van der Waals surface area contributed by atoms with Gasteiger partial charge < -0.3 is 24.4 Å². The molecular formula is C26H27N3O4. The molecule has 1 fully saturated rings. The minimum atomic E-state index is 0.0110. The van der Waals surface area contributed by atoms with E-state index in [0.29, 0.717) is 43.4 Å². The fourth-order valence-electron chi connectivity index (χ4n) is 4.39. The van der Waals surface area contributed by atoms with E-state index in [1.165, 1.54) is 0 Å². The molecule has 3 aromatic rings. The molecule has 0 saturated carbocycles. The summed E-state index contributed by atoms with van der Waals surface area (Å²) < 4.78 is 16.5. The Bertz CT molecular complexity index is 1180. The van der Waals surface area contributed by atoms with Gasteiger partial charge in [0.2, 0.25) is 0 Å². The molecule has 1 N–H and O–H groups in total. The van der Waals surface area contributed by atoms with Crippen molar-refractivity contribution in [2.45, 2.75) is 19.3 Å². The fraction of sp³-hybridized carbons (Fsp3) is 0.308. The number of nitrogens with one attached hydrogen (secondary N) is 1. The number of likely N-dealkylation sites (tertiary alicyclic amines) is 1. The topological polar surface area (TPSA) is 72.9 Å². The number of nitrogens with zero attached hydrogens (tertiary/aromatic N) is 2. The van der Waals surface area contributed by atoms with Crippen molar-refractivity contribution >= 4 is 17.3 Å². The zero-order chi connectivity index (χ0) is 22.8. The molecule has 33 heavy (non-hydrogen) atoms. The maximum atomic E-state index is 13.1. The highest BCUT2D eigenvalue weighted by Crippen LogP contribution is 2.33. The number of carbonyl (C=O) groups excluding carboxylic acids is 1. The number of anilines is 2. The van der Waals surface area contributed by atoms with Crippen LogP contribution in [0.15, 0.2) is 54.6 Å². The Labute approximate surface area is 193 Å². The zero-order valence-corrected chi connectivity index (χ0v) is 18.8. The third-order valence-corrected chi connectivity index (χ3v) is 6.01. The van der Waals surface area contributed by atoms with Gasteiger partial charge in [-0.3, -0.25) is 9.78 Å². The highest BCUT2D eigenvalue weighted by molar-refractivity contribution is 5.95. The molecule has 0 bridgehead atoms. The van der Waals surface area contributed by atoms with Gasteiger partial charge in [-0.25, -0.2) is 0 Å². The van der Waals surface area contributed by atoms with Crippen molar-refractivity contribution in [3.05, 3.63) is 71.5 Å². The normalized spacial score (nSPS) is 17.0. The lowest BCUT2D eigenvalue weighted by molar-refractivity contribution is 0.0789. The van der Waals surface area contributed by atoms with Gasteiger partial charge in [0.25, 0.3) is 5.91 Å². The Morgan fingerprint density at radius 3 is 2.76 bits per heavy atom. The van der Waals surface area contributed by atoms with Crippen molar-refractivity contribution in [3.63, 3.8) is 0 Å². The molecule has 1 aromatic heterocycles. The Hall–Kier alpha value is -3.74. The lowest BCUT2D eigenvalue weighted by Gasteiger charge is -2.21. The molecule has 0 unspecified atom stereocenters. The number of methoxy groups -OCH3 is 1. The first-order chi connectivity index (χ1) is 16.1. The van der Waals surface area contributed by atoms with Gasteiger partial charge in [-0.1, -0.05) is 6.07 Å². The predicted molar refractivity (Wildman–Crippen MR) is 126 cm³/mol. The molecule has 0 spiro atoms. The van der Waals surface area contributed by atoms with Crippen molar-refractivity contribution in [1.82, 2.24) is 9.88 Å². The Balaban J connectivity index is 1.30. The quantitative estimate of drug-likeness (QED) is 0.622. The minimum Gasteiger partial charge on any atom is -0.497 e. The first-order valence-corrected chi connectivity index (χ1v) is 11.2. The van der Waals surface area contributed by atoms with Gasteiger partial charge in [-0.15, -0.1) is 0 Å². The average molecular weight is 446 g/mol. The summed E-state index contributed by atoms with van der Waals surface area (Å²) in [4.78, 5) is 19.8. The van der Waals surface area contributed by atoms with Gasteiger partial charge in [0.1, 0.15) is 19.0 Å². The number of pyridine rings is 1. The third kappa shape index (κ3) is 4.58. The number of fused-ring (bicyclic) bond motifs is 1. The van der Waals surface area contributed by atoms with E-state index in [9.17, 15) is 4.79 Å². The molecule has 5 rings (SSSR count). The molecule has 2 aliphatic rings. The van der Waals surface area contributed by atoms with E-state index in [-0.39, 0.29) is 11.8 Å². The van der Waals surface area contributed by atoms with Crippen LogP contribution in [0.2, 0.25) is 0 Å². The van der Waals surface area contributed by atoms with E-state index in [0.717, 1.165) is 34.9 Å². The second-order valence-corrected chi connectivity index (χ2v) is 8.37. The third-order valence-electron chi connectivity index (χ3n) is 6.01. The van der Waals surface area contributed by atoms with Crippen molar-refractivity contribution in [2.75, 3.05) is 38.7 Å². The standard InChI is InChI=1S/C26H27N3O4/c1-17-12-21(28-20-4-3-5-22(14-20)31-2)15-23(27-17)19-8-9-29(16-19)26(30)18-6-7-24-25(13-18)33-11-10-32-24/h3-7,12-15,19H,8-11,16H2,1-2H3,(H,27,28)/t19-/m0/s1. The Kier molecular flexibility index (Phi) is 5.77. The van der Waals surface area contributed by atoms with Gasteiger partial charge in [0.15, 0.2) is 11.5 Å². The number of hydrogen-bond acceptors (Lipinski definition) is 6. The number of amides is 1. The van der Waals surface area contributed by atoms with Crippen LogP contribution >= 0.6 is 0 Å². The van der Waals surface area contributed by atoms with Crippen LogP contribution in [0.3, 0.4) is 0 Å². The van der Waals surface area contributed by atoms with Gasteiger partial charge in [0.05, 0.1) is 7.11 Å². The monoisotopic (exact) mass is 445 g/mol. The average Bonchev–Trinajstić information content (AvgIpc) is 3.33. The van der Waals surface area contributed by atoms with Crippen LogP contribution in [-0.2, 0) is 0 Å².